The van der Waals surface area contributed by atoms with Gasteiger partial charge in [-0.25, -0.2) is 4.98 Å². The maximum atomic E-state index is 6.14. The van der Waals surface area contributed by atoms with Crippen LogP contribution in [0.25, 0.3) is 0 Å². The highest BCUT2D eigenvalue weighted by Crippen LogP contribution is 2.32. The summed E-state index contributed by atoms with van der Waals surface area (Å²) < 4.78 is 11.3. The molecule has 3 heterocycles. The molecule has 0 spiro atoms. The first kappa shape index (κ1) is 13.5. The molecule has 3 rings (SSSR count). The Labute approximate surface area is 118 Å². The molecule has 2 fully saturated rings. The van der Waals surface area contributed by atoms with Gasteiger partial charge in [-0.3, -0.25) is 4.90 Å². The first-order valence-electron chi connectivity index (χ1n) is 7.05. The molecule has 2 aliphatic heterocycles. The monoisotopic (exact) mass is 282 g/mol. The summed E-state index contributed by atoms with van der Waals surface area (Å²) in [7, 11) is 1.75. The SMILES string of the molecule is COC[C@H]1CC[C@H]2[C@H](CCN2Cc2csc(C)n2)O1. The number of hydrogen-bond donors (Lipinski definition) is 0. The van der Waals surface area contributed by atoms with Crippen LogP contribution in [0.2, 0.25) is 0 Å². The molecule has 0 amide bonds. The number of likely N-dealkylation sites (tertiary alicyclic amines) is 1. The summed E-state index contributed by atoms with van der Waals surface area (Å²) >= 11 is 1.74. The summed E-state index contributed by atoms with van der Waals surface area (Å²) in [6, 6.07) is 0.579. The van der Waals surface area contributed by atoms with Gasteiger partial charge in [-0.15, -0.1) is 11.3 Å². The van der Waals surface area contributed by atoms with Crippen LogP contribution >= 0.6 is 11.3 Å². The minimum atomic E-state index is 0.299. The second-order valence-corrected chi connectivity index (χ2v) is 6.58. The molecule has 5 heteroatoms. The van der Waals surface area contributed by atoms with Crippen LogP contribution in [0.5, 0.6) is 0 Å². The van der Waals surface area contributed by atoms with Gasteiger partial charge in [0.1, 0.15) is 0 Å². The van der Waals surface area contributed by atoms with Crippen molar-refractivity contribution in [2.45, 2.75) is 51.0 Å². The van der Waals surface area contributed by atoms with E-state index < -0.39 is 0 Å². The Bertz CT molecular complexity index is 423. The highest BCUT2D eigenvalue weighted by Gasteiger charge is 2.39. The van der Waals surface area contributed by atoms with Crippen molar-refractivity contribution in [3.63, 3.8) is 0 Å². The number of aromatic nitrogens is 1. The Morgan fingerprint density at radius 3 is 3.11 bits per heavy atom. The number of rotatable bonds is 4. The fourth-order valence-corrected chi connectivity index (χ4v) is 3.88. The predicted octanol–water partition coefficient (Wildman–Crippen LogP) is 2.22. The van der Waals surface area contributed by atoms with Gasteiger partial charge in [0.15, 0.2) is 0 Å². The predicted molar refractivity (Wildman–Crippen MR) is 75.4 cm³/mol. The van der Waals surface area contributed by atoms with Crippen molar-refractivity contribution in [1.82, 2.24) is 9.88 Å². The van der Waals surface area contributed by atoms with Crippen LogP contribution in [-0.2, 0) is 16.0 Å². The van der Waals surface area contributed by atoms with E-state index in [-0.39, 0.29) is 0 Å². The van der Waals surface area contributed by atoms with Gasteiger partial charge in [0.2, 0.25) is 0 Å². The largest absolute Gasteiger partial charge is 0.382 e. The third-order valence-corrected chi connectivity index (χ3v) is 4.96. The van der Waals surface area contributed by atoms with Gasteiger partial charge in [-0.1, -0.05) is 0 Å². The van der Waals surface area contributed by atoms with Gasteiger partial charge in [-0.05, 0) is 26.2 Å². The van der Waals surface area contributed by atoms with Crippen LogP contribution < -0.4 is 0 Å². The molecule has 0 bridgehead atoms. The van der Waals surface area contributed by atoms with Crippen molar-refractivity contribution in [3.8, 4) is 0 Å². The van der Waals surface area contributed by atoms with Crippen LogP contribution in [0, 0.1) is 6.92 Å². The molecule has 0 unspecified atom stereocenters. The highest BCUT2D eigenvalue weighted by molar-refractivity contribution is 7.09. The summed E-state index contributed by atoms with van der Waals surface area (Å²) in [5.41, 5.74) is 1.21. The number of nitrogens with zero attached hydrogens (tertiary/aromatic N) is 2. The van der Waals surface area contributed by atoms with Gasteiger partial charge >= 0.3 is 0 Å². The fourth-order valence-electron chi connectivity index (χ4n) is 3.28. The molecule has 2 saturated heterocycles. The summed E-state index contributed by atoms with van der Waals surface area (Å²) in [5, 5.41) is 3.34. The summed E-state index contributed by atoms with van der Waals surface area (Å²) in [5.74, 6) is 0. The van der Waals surface area contributed by atoms with Gasteiger partial charge in [0.25, 0.3) is 0 Å². The van der Waals surface area contributed by atoms with Crippen molar-refractivity contribution in [3.05, 3.63) is 16.1 Å². The van der Waals surface area contributed by atoms with Crippen molar-refractivity contribution in [2.75, 3.05) is 20.3 Å². The lowest BCUT2D eigenvalue weighted by Gasteiger charge is -2.35. The number of methoxy groups -OCH3 is 1. The molecule has 1 aromatic heterocycles. The normalized spacial score (nSPS) is 31.6. The zero-order valence-electron chi connectivity index (χ0n) is 11.7. The molecule has 0 aromatic carbocycles. The molecule has 106 valence electrons. The molecule has 3 atom stereocenters. The second-order valence-electron chi connectivity index (χ2n) is 5.51. The zero-order valence-corrected chi connectivity index (χ0v) is 12.5. The van der Waals surface area contributed by atoms with Gasteiger partial charge in [-0.2, -0.15) is 0 Å². The molecule has 0 N–H and O–H groups in total. The Hall–Kier alpha value is -0.490. The molecule has 19 heavy (non-hydrogen) atoms. The average Bonchev–Trinajstić information content (AvgIpc) is 2.97. The minimum Gasteiger partial charge on any atom is -0.382 e. The van der Waals surface area contributed by atoms with Crippen molar-refractivity contribution >= 4 is 11.3 Å². The summed E-state index contributed by atoms with van der Waals surface area (Å²) in [6.45, 7) is 4.91. The van der Waals surface area contributed by atoms with E-state index in [1.807, 2.05) is 0 Å². The summed E-state index contributed by atoms with van der Waals surface area (Å²) in [6.07, 6.45) is 4.18. The first-order valence-corrected chi connectivity index (χ1v) is 7.93. The molecule has 0 saturated carbocycles. The lowest BCUT2D eigenvalue weighted by atomic mass is 9.99. The number of hydrogen-bond acceptors (Lipinski definition) is 5. The average molecular weight is 282 g/mol. The Kier molecular flexibility index (Phi) is 4.17. The number of aryl methyl sites for hydroxylation is 1. The standard InChI is InChI=1S/C14H22N2O2S/c1-10-15-11(9-19-10)7-16-6-5-14-13(16)4-3-12(18-14)8-17-2/h9,12-14H,3-8H2,1-2H3/t12-,13+,14+/m1/s1. The van der Waals surface area contributed by atoms with Gasteiger partial charge in [0.05, 0.1) is 29.5 Å². The number of fused-ring (bicyclic) bond motifs is 1. The molecule has 1 aromatic rings. The van der Waals surface area contributed by atoms with Gasteiger partial charge in [0, 0.05) is 31.6 Å². The second kappa shape index (κ2) is 5.87. The van der Waals surface area contributed by atoms with Gasteiger partial charge < -0.3 is 9.47 Å². The van der Waals surface area contributed by atoms with E-state index in [1.165, 1.54) is 12.1 Å². The van der Waals surface area contributed by atoms with Crippen molar-refractivity contribution < 1.29 is 9.47 Å². The third-order valence-electron chi connectivity index (χ3n) is 4.13. The van der Waals surface area contributed by atoms with E-state index in [1.54, 1.807) is 18.4 Å². The number of ether oxygens (including phenoxy) is 2. The quantitative estimate of drug-likeness (QED) is 0.848. The van der Waals surface area contributed by atoms with Crippen LogP contribution in [0.4, 0.5) is 0 Å². The molecule has 0 radical (unpaired) electrons. The van der Waals surface area contributed by atoms with Crippen LogP contribution in [0.3, 0.4) is 0 Å². The zero-order chi connectivity index (χ0) is 13.2. The molecule has 4 nitrogen and oxygen atoms in total. The van der Waals surface area contributed by atoms with Crippen LogP contribution in [0.1, 0.15) is 30.0 Å². The Balaban J connectivity index is 1.58. The lowest BCUT2D eigenvalue weighted by Crippen LogP contribution is -2.43. The maximum absolute atomic E-state index is 6.14. The smallest absolute Gasteiger partial charge is 0.0897 e. The molecular formula is C14H22N2O2S. The Morgan fingerprint density at radius 1 is 1.47 bits per heavy atom. The summed E-state index contributed by atoms with van der Waals surface area (Å²) in [4.78, 5) is 7.12. The van der Waals surface area contributed by atoms with E-state index in [9.17, 15) is 0 Å². The minimum absolute atomic E-state index is 0.299. The van der Waals surface area contributed by atoms with E-state index in [0.717, 1.165) is 37.5 Å². The molecule has 0 aliphatic carbocycles. The van der Waals surface area contributed by atoms with Crippen molar-refractivity contribution in [2.24, 2.45) is 0 Å². The van der Waals surface area contributed by atoms with E-state index >= 15 is 0 Å². The highest BCUT2D eigenvalue weighted by atomic mass is 32.1. The third kappa shape index (κ3) is 2.99. The van der Waals surface area contributed by atoms with Crippen LogP contribution in [-0.4, -0.2) is 48.4 Å². The van der Waals surface area contributed by atoms with Crippen molar-refractivity contribution in [1.29, 1.82) is 0 Å². The maximum Gasteiger partial charge on any atom is 0.0897 e. The fraction of sp³-hybridized carbons (Fsp3) is 0.786. The molecular weight excluding hydrogens is 260 g/mol. The van der Waals surface area contributed by atoms with E-state index in [2.05, 4.69) is 22.2 Å². The Morgan fingerprint density at radius 2 is 2.37 bits per heavy atom. The van der Waals surface area contributed by atoms with E-state index in [0.29, 0.717) is 18.2 Å². The number of thiazole rings is 1. The van der Waals surface area contributed by atoms with Crippen LogP contribution in [0.15, 0.2) is 5.38 Å². The molecule has 2 aliphatic rings. The first-order chi connectivity index (χ1) is 9.26. The topological polar surface area (TPSA) is 34.6 Å². The van der Waals surface area contributed by atoms with E-state index in [4.69, 9.17) is 9.47 Å². The lowest BCUT2D eigenvalue weighted by molar-refractivity contribution is -0.0939.